The fourth-order valence-corrected chi connectivity index (χ4v) is 3.19. The molecule has 2 rings (SSSR count). The number of hydrogen-bond acceptors (Lipinski definition) is 7. The van der Waals surface area contributed by atoms with Crippen LogP contribution in [0.1, 0.15) is 6.42 Å². The number of alkyl halides is 3. The number of anilines is 1. The summed E-state index contributed by atoms with van der Waals surface area (Å²) in [7, 11) is 0. The lowest BCUT2D eigenvalue weighted by Crippen LogP contribution is -2.56. The number of rotatable bonds is 7. The molecular weight excluding hydrogens is 403 g/mol. The summed E-state index contributed by atoms with van der Waals surface area (Å²) in [5, 5.41) is 4.13. The van der Waals surface area contributed by atoms with Gasteiger partial charge in [-0.15, -0.1) is 11.3 Å². The number of amides is 1. The first kappa shape index (κ1) is 21.2. The molecule has 1 amide bonds. The predicted octanol–water partition coefficient (Wildman–Crippen LogP) is 3.26. The van der Waals surface area contributed by atoms with Gasteiger partial charge in [-0.25, -0.2) is 9.78 Å². The number of aromatic nitrogens is 1. The fraction of sp³-hybridized carbons (Fsp3) is 0.312. The summed E-state index contributed by atoms with van der Waals surface area (Å²) >= 11 is 2.31. The van der Waals surface area contributed by atoms with Gasteiger partial charge in [-0.05, 0) is 12.0 Å². The van der Waals surface area contributed by atoms with E-state index in [0.29, 0.717) is 5.69 Å². The van der Waals surface area contributed by atoms with E-state index in [9.17, 15) is 22.8 Å². The minimum atomic E-state index is -5.26. The van der Waals surface area contributed by atoms with Crippen molar-refractivity contribution >= 4 is 40.1 Å². The van der Waals surface area contributed by atoms with Gasteiger partial charge in [0.05, 0.1) is 5.69 Å². The average Bonchev–Trinajstić information content (AvgIpc) is 3.08. The highest BCUT2D eigenvalue weighted by atomic mass is 32.2. The van der Waals surface area contributed by atoms with Crippen molar-refractivity contribution in [2.45, 2.75) is 18.3 Å². The van der Waals surface area contributed by atoms with E-state index in [0.717, 1.165) is 16.9 Å². The Kier molecular flexibility index (Phi) is 6.84. The molecule has 0 aliphatic carbocycles. The molecule has 3 N–H and O–H groups in total. The zero-order valence-corrected chi connectivity index (χ0v) is 15.7. The summed E-state index contributed by atoms with van der Waals surface area (Å²) in [6.45, 7) is 0. The molecule has 0 fully saturated rings. The summed E-state index contributed by atoms with van der Waals surface area (Å²) in [6, 6.07) is 9.10. The monoisotopic (exact) mass is 419 g/mol. The van der Waals surface area contributed by atoms with Crippen molar-refractivity contribution < 1.29 is 27.5 Å². The summed E-state index contributed by atoms with van der Waals surface area (Å²) in [5.41, 5.74) is 4.62. The van der Waals surface area contributed by atoms with E-state index >= 15 is 0 Å². The van der Waals surface area contributed by atoms with Gasteiger partial charge >= 0.3 is 12.1 Å². The molecule has 0 saturated heterocycles. The summed E-state index contributed by atoms with van der Waals surface area (Å²) in [6.07, 6.45) is -3.87. The summed E-state index contributed by atoms with van der Waals surface area (Å²) in [5.74, 6) is -3.39. The van der Waals surface area contributed by atoms with Crippen molar-refractivity contribution in [2.24, 2.45) is 5.73 Å². The predicted molar refractivity (Wildman–Crippen MR) is 98.2 cm³/mol. The average molecular weight is 419 g/mol. The number of nitrogens with one attached hydrogen (secondary N) is 1. The maximum absolute atomic E-state index is 12.5. The number of halogens is 3. The number of nitrogens with two attached hydrogens (primary N) is 1. The van der Waals surface area contributed by atoms with Gasteiger partial charge in [-0.2, -0.15) is 24.9 Å². The number of nitrogens with zero attached hydrogens (tertiary/aromatic N) is 1. The quantitative estimate of drug-likeness (QED) is 0.529. The molecule has 0 radical (unpaired) electrons. The lowest BCUT2D eigenvalue weighted by Gasteiger charge is -2.27. The molecule has 0 aliphatic rings. The smallest absolute Gasteiger partial charge is 0.428 e. The first-order valence-electron chi connectivity index (χ1n) is 7.56. The van der Waals surface area contributed by atoms with Gasteiger partial charge in [0.15, 0.2) is 5.13 Å². The van der Waals surface area contributed by atoms with E-state index in [1.165, 1.54) is 11.8 Å². The van der Waals surface area contributed by atoms with Crippen LogP contribution >= 0.6 is 23.1 Å². The van der Waals surface area contributed by atoms with Crippen molar-refractivity contribution in [1.82, 2.24) is 4.98 Å². The second kappa shape index (κ2) is 8.72. The topological polar surface area (TPSA) is 94.3 Å². The molecule has 0 aliphatic heterocycles. The molecule has 146 valence electrons. The first-order valence-corrected chi connectivity index (χ1v) is 9.83. The lowest BCUT2D eigenvalue weighted by molar-refractivity contribution is -0.213. The maximum atomic E-state index is 12.5. The van der Waals surface area contributed by atoms with Gasteiger partial charge in [0.1, 0.15) is 0 Å². The molecule has 1 atom stereocenters. The summed E-state index contributed by atoms with van der Waals surface area (Å²) < 4.78 is 41.8. The van der Waals surface area contributed by atoms with Crippen LogP contribution < -0.4 is 11.1 Å². The molecule has 0 bridgehead atoms. The minimum absolute atomic E-state index is 0.126. The highest BCUT2D eigenvalue weighted by molar-refractivity contribution is 7.98. The third-order valence-corrected chi connectivity index (χ3v) is 4.73. The Morgan fingerprint density at radius 2 is 1.96 bits per heavy atom. The van der Waals surface area contributed by atoms with Crippen LogP contribution in [0.5, 0.6) is 0 Å². The molecule has 0 saturated carbocycles. The Balaban J connectivity index is 2.16. The molecule has 11 heteroatoms. The van der Waals surface area contributed by atoms with Gasteiger partial charge in [0, 0.05) is 17.4 Å². The number of carbonyl (C=O) groups is 2. The zero-order valence-electron chi connectivity index (χ0n) is 14.1. The van der Waals surface area contributed by atoms with E-state index in [2.05, 4.69) is 15.0 Å². The first-order chi connectivity index (χ1) is 12.7. The molecule has 1 aromatic heterocycles. The molecular formula is C16H16F3N3O3S2. The zero-order chi connectivity index (χ0) is 20.1. The number of hydrogen-bond donors (Lipinski definition) is 2. The third kappa shape index (κ3) is 5.68. The van der Waals surface area contributed by atoms with Crippen LogP contribution in [-0.2, 0) is 14.3 Å². The molecule has 6 nitrogen and oxygen atoms in total. The second-order valence-electron chi connectivity index (χ2n) is 5.38. The van der Waals surface area contributed by atoms with Crippen molar-refractivity contribution in [2.75, 3.05) is 17.3 Å². The van der Waals surface area contributed by atoms with Gasteiger partial charge in [-0.1, -0.05) is 30.3 Å². The van der Waals surface area contributed by atoms with E-state index in [1.54, 1.807) is 11.6 Å². The van der Waals surface area contributed by atoms with E-state index < -0.39 is 23.8 Å². The van der Waals surface area contributed by atoms with E-state index in [4.69, 9.17) is 5.73 Å². The Bertz CT molecular complexity index is 799. The van der Waals surface area contributed by atoms with Crippen LogP contribution in [0.4, 0.5) is 18.3 Å². The van der Waals surface area contributed by atoms with Crippen LogP contribution in [0.15, 0.2) is 35.7 Å². The number of thioether (sulfide) groups is 1. The van der Waals surface area contributed by atoms with Crippen molar-refractivity contribution in [3.05, 3.63) is 35.7 Å². The van der Waals surface area contributed by atoms with Gasteiger partial charge in [0.2, 0.25) is 5.72 Å². The maximum Gasteiger partial charge on any atom is 0.491 e. The SMILES string of the molecule is CSCC[C@](N)(OC(=O)C(F)(F)F)C(=O)Nc1nc(-c2ccccc2)cs1. The van der Waals surface area contributed by atoms with Crippen molar-refractivity contribution in [3.8, 4) is 11.3 Å². The number of esters is 1. The Hall–Kier alpha value is -2.11. The van der Waals surface area contributed by atoms with Crippen molar-refractivity contribution in [3.63, 3.8) is 0 Å². The normalized spacial score (nSPS) is 13.7. The second-order valence-corrected chi connectivity index (χ2v) is 7.22. The highest BCUT2D eigenvalue weighted by Gasteiger charge is 2.48. The number of ether oxygens (including phenoxy) is 1. The molecule has 0 unspecified atom stereocenters. The Morgan fingerprint density at radius 3 is 2.56 bits per heavy atom. The summed E-state index contributed by atoms with van der Waals surface area (Å²) in [4.78, 5) is 27.8. The van der Waals surface area contributed by atoms with E-state index in [-0.39, 0.29) is 17.3 Å². The Labute approximate surface area is 161 Å². The molecule has 27 heavy (non-hydrogen) atoms. The van der Waals surface area contributed by atoms with Crippen LogP contribution in [0, 0.1) is 0 Å². The van der Waals surface area contributed by atoms with Crippen LogP contribution in [0.2, 0.25) is 0 Å². The highest BCUT2D eigenvalue weighted by Crippen LogP contribution is 2.27. The standard InChI is InChI=1S/C16H16F3N3O3S2/c1-26-8-7-15(20,25-13(24)16(17,18)19)12(23)22-14-21-11(9-27-14)10-5-3-2-4-6-10/h2-6,9H,7-8,20H2,1H3,(H,21,22,23)/t15-/m0/s1. The number of carbonyl (C=O) groups excluding carboxylic acids is 2. The Morgan fingerprint density at radius 1 is 1.30 bits per heavy atom. The molecule has 1 aromatic carbocycles. The molecule has 1 heterocycles. The molecule has 0 spiro atoms. The van der Waals surface area contributed by atoms with E-state index in [1.807, 2.05) is 30.3 Å². The number of thiazole rings is 1. The van der Waals surface area contributed by atoms with Crippen LogP contribution in [-0.4, -0.2) is 40.8 Å². The van der Waals surface area contributed by atoms with Gasteiger partial charge in [0.25, 0.3) is 5.91 Å². The lowest BCUT2D eigenvalue weighted by atomic mass is 10.1. The van der Waals surface area contributed by atoms with Crippen LogP contribution in [0.3, 0.4) is 0 Å². The van der Waals surface area contributed by atoms with Crippen molar-refractivity contribution in [1.29, 1.82) is 0 Å². The number of benzene rings is 1. The molecule has 2 aromatic rings. The van der Waals surface area contributed by atoms with Crippen LogP contribution in [0.25, 0.3) is 11.3 Å². The largest absolute Gasteiger partial charge is 0.491 e. The van der Waals surface area contributed by atoms with Gasteiger partial charge in [-0.3, -0.25) is 15.8 Å². The third-order valence-electron chi connectivity index (χ3n) is 3.36. The van der Waals surface area contributed by atoms with Gasteiger partial charge < -0.3 is 4.74 Å². The fourth-order valence-electron chi connectivity index (χ4n) is 1.96. The minimum Gasteiger partial charge on any atom is -0.428 e.